The third-order valence-electron chi connectivity index (χ3n) is 4.10. The van der Waals surface area contributed by atoms with Gasteiger partial charge in [-0.1, -0.05) is 6.07 Å². The molecular formula is C18H21NO3S. The number of rotatable bonds is 5. The number of hydrogen-bond acceptors (Lipinski definition) is 4. The van der Waals surface area contributed by atoms with E-state index < -0.39 is 0 Å². The Morgan fingerprint density at radius 2 is 2.22 bits per heavy atom. The molecule has 0 N–H and O–H groups in total. The molecule has 122 valence electrons. The van der Waals surface area contributed by atoms with Crippen molar-refractivity contribution in [2.45, 2.75) is 12.8 Å². The molecule has 0 radical (unpaired) electrons. The van der Waals surface area contributed by atoms with E-state index in [9.17, 15) is 4.79 Å². The topological polar surface area (TPSA) is 38.8 Å². The van der Waals surface area contributed by atoms with Crippen LogP contribution in [0.5, 0.6) is 11.5 Å². The van der Waals surface area contributed by atoms with Crippen molar-refractivity contribution in [2.75, 3.05) is 26.8 Å². The van der Waals surface area contributed by atoms with Crippen molar-refractivity contribution < 1.29 is 14.3 Å². The lowest BCUT2D eigenvalue weighted by molar-refractivity contribution is 0.0634. The molecule has 1 aromatic heterocycles. The molecule has 0 unspecified atom stereocenters. The maximum absolute atomic E-state index is 12.4. The minimum absolute atomic E-state index is 0.136. The van der Waals surface area contributed by atoms with E-state index in [1.165, 1.54) is 0 Å². The fourth-order valence-electron chi connectivity index (χ4n) is 2.86. The summed E-state index contributed by atoms with van der Waals surface area (Å²) in [6, 6.07) is 9.52. The minimum Gasteiger partial charge on any atom is -0.497 e. The number of piperidine rings is 1. The van der Waals surface area contributed by atoms with Crippen LogP contribution in [0.15, 0.2) is 41.1 Å². The summed E-state index contributed by atoms with van der Waals surface area (Å²) in [5, 5.41) is 3.86. The molecule has 3 rings (SSSR count). The lowest BCUT2D eigenvalue weighted by atomic mass is 9.98. The Kier molecular flexibility index (Phi) is 5.18. The van der Waals surface area contributed by atoms with Crippen LogP contribution in [-0.2, 0) is 0 Å². The number of hydrogen-bond donors (Lipinski definition) is 0. The summed E-state index contributed by atoms with van der Waals surface area (Å²) < 4.78 is 11.1. The van der Waals surface area contributed by atoms with Gasteiger partial charge in [0.2, 0.25) is 0 Å². The second kappa shape index (κ2) is 7.51. The van der Waals surface area contributed by atoms with Crippen molar-refractivity contribution in [3.63, 3.8) is 0 Å². The molecule has 5 heteroatoms. The normalized spacial score (nSPS) is 17.8. The number of methoxy groups -OCH3 is 1. The first-order valence-corrected chi connectivity index (χ1v) is 8.79. The highest BCUT2D eigenvalue weighted by molar-refractivity contribution is 7.08. The summed E-state index contributed by atoms with van der Waals surface area (Å²) in [4.78, 5) is 14.4. The van der Waals surface area contributed by atoms with E-state index in [0.717, 1.165) is 43.0 Å². The van der Waals surface area contributed by atoms with Gasteiger partial charge >= 0.3 is 0 Å². The Morgan fingerprint density at radius 1 is 1.35 bits per heavy atom. The molecular weight excluding hydrogens is 310 g/mol. The Hall–Kier alpha value is -2.01. The van der Waals surface area contributed by atoms with Crippen molar-refractivity contribution in [1.29, 1.82) is 0 Å². The molecule has 1 amide bonds. The van der Waals surface area contributed by atoms with Crippen LogP contribution < -0.4 is 9.47 Å². The number of carbonyl (C=O) groups excluding carboxylic acids is 1. The number of likely N-dealkylation sites (tertiary alicyclic amines) is 1. The van der Waals surface area contributed by atoms with Crippen molar-refractivity contribution >= 4 is 17.2 Å². The highest BCUT2D eigenvalue weighted by atomic mass is 32.1. The summed E-state index contributed by atoms with van der Waals surface area (Å²) in [7, 11) is 1.65. The molecule has 0 spiro atoms. The van der Waals surface area contributed by atoms with E-state index in [1.54, 1.807) is 18.4 Å². The quantitative estimate of drug-likeness (QED) is 0.839. The van der Waals surface area contributed by atoms with Crippen LogP contribution >= 0.6 is 11.3 Å². The van der Waals surface area contributed by atoms with Crippen LogP contribution in [-0.4, -0.2) is 37.6 Å². The zero-order valence-electron chi connectivity index (χ0n) is 13.2. The van der Waals surface area contributed by atoms with Crippen molar-refractivity contribution in [3.8, 4) is 11.5 Å². The van der Waals surface area contributed by atoms with Crippen LogP contribution in [0.2, 0.25) is 0 Å². The molecule has 1 atom stereocenters. The van der Waals surface area contributed by atoms with Crippen LogP contribution in [0.3, 0.4) is 0 Å². The zero-order chi connectivity index (χ0) is 16.1. The molecule has 0 bridgehead atoms. The first-order valence-electron chi connectivity index (χ1n) is 7.84. The van der Waals surface area contributed by atoms with E-state index in [-0.39, 0.29) is 5.91 Å². The van der Waals surface area contributed by atoms with Crippen LogP contribution in [0.1, 0.15) is 23.2 Å². The number of nitrogens with zero attached hydrogens (tertiary/aromatic N) is 1. The van der Waals surface area contributed by atoms with Crippen LogP contribution in [0.25, 0.3) is 0 Å². The maximum atomic E-state index is 12.4. The Balaban J connectivity index is 1.55. The molecule has 2 aromatic rings. The number of carbonyl (C=O) groups is 1. The molecule has 0 saturated carbocycles. The summed E-state index contributed by atoms with van der Waals surface area (Å²) in [6.07, 6.45) is 2.12. The summed E-state index contributed by atoms with van der Waals surface area (Å²) >= 11 is 1.56. The predicted molar refractivity (Wildman–Crippen MR) is 91.4 cm³/mol. The van der Waals surface area contributed by atoms with Gasteiger partial charge < -0.3 is 14.4 Å². The monoisotopic (exact) mass is 331 g/mol. The minimum atomic E-state index is 0.136. The molecule has 4 nitrogen and oxygen atoms in total. The van der Waals surface area contributed by atoms with E-state index >= 15 is 0 Å². The molecule has 1 saturated heterocycles. The first-order chi connectivity index (χ1) is 11.3. The molecule has 1 fully saturated rings. The van der Waals surface area contributed by atoms with Gasteiger partial charge in [-0.15, -0.1) is 0 Å². The van der Waals surface area contributed by atoms with Gasteiger partial charge in [0.15, 0.2) is 0 Å². The van der Waals surface area contributed by atoms with Crippen molar-refractivity contribution in [3.05, 3.63) is 46.7 Å². The van der Waals surface area contributed by atoms with Gasteiger partial charge in [-0.25, -0.2) is 0 Å². The molecule has 2 heterocycles. The fourth-order valence-corrected chi connectivity index (χ4v) is 3.49. The Morgan fingerprint density at radius 3 is 3.00 bits per heavy atom. The molecule has 1 aliphatic rings. The zero-order valence-corrected chi connectivity index (χ0v) is 14.1. The van der Waals surface area contributed by atoms with Crippen LogP contribution in [0, 0.1) is 5.92 Å². The SMILES string of the molecule is COc1cccc(OC[C@H]2CCCN(C(=O)c3ccsc3)C2)c1. The second-order valence-corrected chi connectivity index (χ2v) is 6.54. The Bertz CT molecular complexity index is 641. The van der Waals surface area contributed by atoms with E-state index in [4.69, 9.17) is 9.47 Å². The van der Waals surface area contributed by atoms with Gasteiger partial charge in [-0.2, -0.15) is 11.3 Å². The molecule has 23 heavy (non-hydrogen) atoms. The smallest absolute Gasteiger partial charge is 0.254 e. The Labute approximate surface area is 140 Å². The predicted octanol–water partition coefficient (Wildman–Crippen LogP) is 3.69. The highest BCUT2D eigenvalue weighted by Crippen LogP contribution is 2.23. The third-order valence-corrected chi connectivity index (χ3v) is 4.78. The summed E-state index contributed by atoms with van der Waals surface area (Å²) in [5.74, 6) is 2.11. The van der Waals surface area contributed by atoms with Gasteiger partial charge in [0.05, 0.1) is 19.3 Å². The molecule has 0 aliphatic carbocycles. The second-order valence-electron chi connectivity index (χ2n) is 5.76. The van der Waals surface area contributed by atoms with Crippen LogP contribution in [0.4, 0.5) is 0 Å². The standard InChI is InChI=1S/C18H21NO3S/c1-21-16-5-2-6-17(10-16)22-12-14-4-3-8-19(11-14)18(20)15-7-9-23-13-15/h2,5-7,9-10,13-14H,3-4,8,11-12H2,1H3/t14-/m0/s1. The van der Waals surface area contributed by atoms with Gasteiger partial charge in [-0.05, 0) is 36.4 Å². The first kappa shape index (κ1) is 15.9. The van der Waals surface area contributed by atoms with E-state index in [1.807, 2.05) is 46.0 Å². The van der Waals surface area contributed by atoms with E-state index in [0.29, 0.717) is 12.5 Å². The highest BCUT2D eigenvalue weighted by Gasteiger charge is 2.25. The van der Waals surface area contributed by atoms with Crippen molar-refractivity contribution in [2.24, 2.45) is 5.92 Å². The van der Waals surface area contributed by atoms with E-state index in [2.05, 4.69) is 0 Å². The molecule has 1 aliphatic heterocycles. The number of ether oxygens (including phenoxy) is 2. The maximum Gasteiger partial charge on any atom is 0.254 e. The fraction of sp³-hybridized carbons (Fsp3) is 0.389. The van der Waals surface area contributed by atoms with Gasteiger partial charge in [0.25, 0.3) is 5.91 Å². The summed E-state index contributed by atoms with van der Waals surface area (Å²) in [5.41, 5.74) is 0.796. The third kappa shape index (κ3) is 4.05. The summed E-state index contributed by atoms with van der Waals surface area (Å²) in [6.45, 7) is 2.23. The number of amides is 1. The number of benzene rings is 1. The lowest BCUT2D eigenvalue weighted by Crippen LogP contribution is -2.41. The average Bonchev–Trinajstić information content (AvgIpc) is 3.14. The largest absolute Gasteiger partial charge is 0.497 e. The number of thiophene rings is 1. The average molecular weight is 331 g/mol. The van der Waals surface area contributed by atoms with Gasteiger partial charge in [0.1, 0.15) is 11.5 Å². The van der Waals surface area contributed by atoms with Gasteiger partial charge in [0, 0.05) is 30.5 Å². The molecule has 1 aromatic carbocycles. The lowest BCUT2D eigenvalue weighted by Gasteiger charge is -2.32. The van der Waals surface area contributed by atoms with Crippen molar-refractivity contribution in [1.82, 2.24) is 4.90 Å². The van der Waals surface area contributed by atoms with Gasteiger partial charge in [-0.3, -0.25) is 4.79 Å².